The molecule has 1 unspecified atom stereocenters. The summed E-state index contributed by atoms with van der Waals surface area (Å²) in [5, 5.41) is 59.6. The van der Waals surface area contributed by atoms with E-state index < -0.39 is 67.4 Å². The number of carboxylic acid groups (broad SMARTS) is 1. The van der Waals surface area contributed by atoms with Crippen LogP contribution in [0.2, 0.25) is 0 Å². The lowest BCUT2D eigenvalue weighted by Gasteiger charge is -2.42. The number of carbonyl (C=O) groups excluding carboxylic acids is 1. The van der Waals surface area contributed by atoms with Crippen LogP contribution in [0.4, 0.5) is 0 Å². The number of aliphatic carboxylic acids is 1. The van der Waals surface area contributed by atoms with Gasteiger partial charge in [-0.25, -0.2) is 9.59 Å². The Hall–Kier alpha value is -2.88. The molecular weight excluding hydrogens is 554 g/mol. The highest BCUT2D eigenvalue weighted by Gasteiger charge is 2.47. The maximum absolute atomic E-state index is 12.8. The molecule has 3 aliphatic heterocycles. The molecule has 7 N–H and O–H groups in total. The lowest BCUT2D eigenvalue weighted by Crippen LogP contribution is -3.08. The lowest BCUT2D eigenvalue weighted by atomic mass is 9.81. The second kappa shape index (κ2) is 14.5. The summed E-state index contributed by atoms with van der Waals surface area (Å²) in [6.45, 7) is -0.0303. The van der Waals surface area contributed by atoms with Crippen LogP contribution in [0.15, 0.2) is 59.1 Å². The minimum absolute atomic E-state index is 0.0773. The molecule has 9 atom stereocenters. The van der Waals surface area contributed by atoms with E-state index in [4.69, 9.17) is 18.9 Å². The standard InChI is InChI=1S/C29H39NO12/c1-39-27(38)21-15-40-28(42-29-25(35)24(34)23(33)22(14-32)41-29)20(11-16-4-2-3-5-16)19(21)7-6-17-10-18(26(36)37)13-30(12-17)8-9-31/h6-7,10-11,13,15,19-20,22-25,28-29,31-35H,2-5,8-9,12,14H2,1H3,(H,36,37)/p+1/b7-6+/t19-,20+,22+,23+,24-,25+,28-,29-/m0/s1. The predicted octanol–water partition coefficient (Wildman–Crippen LogP) is -1.71. The molecule has 1 saturated carbocycles. The number of hydrogen-bond acceptors (Lipinski definition) is 11. The van der Waals surface area contributed by atoms with Gasteiger partial charge in [0.15, 0.2) is 6.29 Å². The molecule has 13 nitrogen and oxygen atoms in total. The van der Waals surface area contributed by atoms with E-state index in [-0.39, 0.29) is 17.8 Å². The Balaban J connectivity index is 1.69. The van der Waals surface area contributed by atoms with Crippen LogP contribution < -0.4 is 4.90 Å². The number of nitrogens with one attached hydrogen (secondary N) is 1. The zero-order valence-electron chi connectivity index (χ0n) is 23.4. The molecule has 3 heterocycles. The largest absolute Gasteiger partial charge is 0.477 e. The fourth-order valence-electron chi connectivity index (χ4n) is 5.69. The van der Waals surface area contributed by atoms with Crippen LogP contribution in [-0.2, 0) is 28.5 Å². The molecule has 0 bridgehead atoms. The molecular formula is C29H40NO12+. The molecule has 1 saturated heterocycles. The summed E-state index contributed by atoms with van der Waals surface area (Å²) < 4.78 is 22.4. The van der Waals surface area contributed by atoms with E-state index >= 15 is 0 Å². The zero-order chi connectivity index (χ0) is 30.4. The van der Waals surface area contributed by atoms with E-state index in [1.54, 1.807) is 18.4 Å². The number of allylic oxidation sites excluding steroid dienone is 2. The molecule has 0 aromatic heterocycles. The molecule has 0 radical (unpaired) electrons. The molecule has 1 aliphatic carbocycles. The number of hydrogen-bond donors (Lipinski definition) is 7. The highest BCUT2D eigenvalue weighted by molar-refractivity contribution is 5.90. The predicted molar refractivity (Wildman–Crippen MR) is 144 cm³/mol. The summed E-state index contributed by atoms with van der Waals surface area (Å²) >= 11 is 0. The first kappa shape index (κ1) is 32.0. The van der Waals surface area contributed by atoms with Gasteiger partial charge in [0.25, 0.3) is 0 Å². The van der Waals surface area contributed by atoms with Gasteiger partial charge in [-0.1, -0.05) is 23.8 Å². The number of methoxy groups -OCH3 is 1. The molecule has 13 heteroatoms. The number of carboxylic acids is 1. The molecule has 4 rings (SSSR count). The SMILES string of the molecule is COC(=O)C1=CO[C@@H](O[C@@H]2O[C@H](CO)[C@@H](O)[C@H](O)[C@H]2O)[C@H](C=C2CCCC2)[C@@H]1/C=C/C1=CC(C(=O)O)=C[NH+](CCO)C1. The van der Waals surface area contributed by atoms with E-state index in [0.29, 0.717) is 18.7 Å². The van der Waals surface area contributed by atoms with Crippen molar-refractivity contribution in [3.8, 4) is 0 Å². The third-order valence-corrected chi connectivity index (χ3v) is 7.96. The van der Waals surface area contributed by atoms with Crippen LogP contribution in [0.1, 0.15) is 25.7 Å². The van der Waals surface area contributed by atoms with Gasteiger partial charge < -0.3 is 54.5 Å². The van der Waals surface area contributed by atoms with Gasteiger partial charge in [-0.2, -0.15) is 0 Å². The topological polar surface area (TPSA) is 197 Å². The van der Waals surface area contributed by atoms with Gasteiger partial charge in [0, 0.05) is 11.5 Å². The van der Waals surface area contributed by atoms with Gasteiger partial charge in [0.05, 0.1) is 38.1 Å². The first-order valence-electron chi connectivity index (χ1n) is 14.1. The van der Waals surface area contributed by atoms with E-state index in [9.17, 15) is 40.2 Å². The summed E-state index contributed by atoms with van der Waals surface area (Å²) in [5.74, 6) is -3.05. The van der Waals surface area contributed by atoms with Gasteiger partial charge in [-0.3, -0.25) is 0 Å². The molecule has 0 spiro atoms. The summed E-state index contributed by atoms with van der Waals surface area (Å²) in [6, 6.07) is 0. The Bertz CT molecular complexity index is 1130. The van der Waals surface area contributed by atoms with Crippen molar-refractivity contribution in [1.82, 2.24) is 0 Å². The fourth-order valence-corrected chi connectivity index (χ4v) is 5.69. The van der Waals surface area contributed by atoms with Crippen LogP contribution in [0, 0.1) is 11.8 Å². The van der Waals surface area contributed by atoms with Crippen molar-refractivity contribution in [2.75, 3.05) is 33.4 Å². The van der Waals surface area contributed by atoms with Crippen molar-refractivity contribution < 1.29 is 64.1 Å². The number of aliphatic hydroxyl groups excluding tert-OH is 5. The van der Waals surface area contributed by atoms with Gasteiger partial charge in [0.2, 0.25) is 6.29 Å². The van der Waals surface area contributed by atoms with Crippen molar-refractivity contribution in [2.45, 2.75) is 62.7 Å². The Labute approximate surface area is 243 Å². The smallest absolute Gasteiger partial charge is 0.341 e. The van der Waals surface area contributed by atoms with Crippen LogP contribution in [0.3, 0.4) is 0 Å². The van der Waals surface area contributed by atoms with E-state index in [1.807, 2.05) is 6.08 Å². The minimum atomic E-state index is -1.65. The normalized spacial score (nSPS) is 35.2. The Morgan fingerprint density at radius 1 is 1.10 bits per heavy atom. The summed E-state index contributed by atoms with van der Waals surface area (Å²) in [5.41, 5.74) is 2.05. The maximum atomic E-state index is 12.8. The molecule has 42 heavy (non-hydrogen) atoms. The van der Waals surface area contributed by atoms with Crippen molar-refractivity contribution in [1.29, 1.82) is 0 Å². The quantitative estimate of drug-likeness (QED) is 0.112. The third kappa shape index (κ3) is 7.36. The monoisotopic (exact) mass is 594 g/mol. The number of aliphatic hydroxyl groups is 5. The summed E-state index contributed by atoms with van der Waals surface area (Å²) in [4.78, 5) is 25.3. The number of carbonyl (C=O) groups is 2. The minimum Gasteiger partial charge on any atom is -0.477 e. The highest BCUT2D eigenvalue weighted by Crippen LogP contribution is 2.39. The van der Waals surface area contributed by atoms with Crippen LogP contribution >= 0.6 is 0 Å². The fraction of sp³-hybridized carbons (Fsp3) is 0.586. The van der Waals surface area contributed by atoms with Crippen molar-refractivity contribution in [3.05, 3.63) is 59.1 Å². The van der Waals surface area contributed by atoms with E-state index in [1.165, 1.54) is 19.4 Å². The Morgan fingerprint density at radius 3 is 2.48 bits per heavy atom. The van der Waals surface area contributed by atoms with Gasteiger partial charge in [-0.15, -0.1) is 0 Å². The number of rotatable bonds is 10. The highest BCUT2D eigenvalue weighted by atomic mass is 16.8. The summed E-state index contributed by atoms with van der Waals surface area (Å²) in [6.07, 6.45) is 4.79. The van der Waals surface area contributed by atoms with Gasteiger partial charge >= 0.3 is 11.9 Å². The third-order valence-electron chi connectivity index (χ3n) is 7.96. The molecule has 0 aromatic rings. The molecule has 4 aliphatic rings. The first-order valence-corrected chi connectivity index (χ1v) is 14.1. The number of ether oxygens (including phenoxy) is 4. The number of quaternary nitrogens is 1. The molecule has 2 fully saturated rings. The van der Waals surface area contributed by atoms with Crippen molar-refractivity contribution >= 4 is 11.9 Å². The zero-order valence-corrected chi connectivity index (χ0v) is 23.4. The Kier molecular flexibility index (Phi) is 11.1. The maximum Gasteiger partial charge on any atom is 0.341 e. The van der Waals surface area contributed by atoms with Crippen molar-refractivity contribution in [2.24, 2.45) is 11.8 Å². The van der Waals surface area contributed by atoms with Crippen molar-refractivity contribution in [3.63, 3.8) is 0 Å². The average Bonchev–Trinajstić information content (AvgIpc) is 3.50. The number of esters is 1. The van der Waals surface area contributed by atoms with Crippen LogP contribution in [-0.4, -0.2) is 113 Å². The Morgan fingerprint density at radius 2 is 1.83 bits per heavy atom. The van der Waals surface area contributed by atoms with Crippen LogP contribution in [0.25, 0.3) is 0 Å². The first-order chi connectivity index (χ1) is 20.2. The second-order valence-corrected chi connectivity index (χ2v) is 10.8. The molecule has 0 aromatic carbocycles. The average molecular weight is 595 g/mol. The molecule has 232 valence electrons. The lowest BCUT2D eigenvalue weighted by molar-refractivity contribution is -0.842. The van der Waals surface area contributed by atoms with Gasteiger partial charge in [-0.05, 0) is 31.8 Å². The molecule has 0 amide bonds. The summed E-state index contributed by atoms with van der Waals surface area (Å²) in [7, 11) is 1.24. The van der Waals surface area contributed by atoms with E-state index in [0.717, 1.165) is 36.2 Å². The second-order valence-electron chi connectivity index (χ2n) is 10.8. The van der Waals surface area contributed by atoms with Crippen LogP contribution in [0.5, 0.6) is 0 Å². The van der Waals surface area contributed by atoms with E-state index in [2.05, 4.69) is 0 Å². The van der Waals surface area contributed by atoms with Gasteiger partial charge in [0.1, 0.15) is 49.3 Å².